The maximum Gasteiger partial charge on any atom is 0.347 e. The fraction of sp³-hybridized carbons (Fsp3) is 0.0769. The van der Waals surface area contributed by atoms with E-state index in [1.165, 1.54) is 11.4 Å². The topological polar surface area (TPSA) is 107 Å². The van der Waals surface area contributed by atoms with Gasteiger partial charge in [0.15, 0.2) is 0 Å². The summed E-state index contributed by atoms with van der Waals surface area (Å²) < 4.78 is 26.6. The van der Waals surface area contributed by atoms with Crippen molar-refractivity contribution in [2.75, 3.05) is 0 Å². The number of nitrogens with one attached hydrogen (secondary N) is 1. The fourth-order valence-electron chi connectivity index (χ4n) is 1.67. The first-order valence-electron chi connectivity index (χ1n) is 5.73. The zero-order chi connectivity index (χ0) is 15.5. The number of carboxylic acids is 1. The molecule has 0 aliphatic rings. The van der Waals surface area contributed by atoms with Gasteiger partial charge >= 0.3 is 5.97 Å². The fourth-order valence-corrected chi connectivity index (χ4v) is 3.95. The first kappa shape index (κ1) is 15.2. The third-order valence-corrected chi connectivity index (χ3v) is 5.11. The molecule has 8 heteroatoms. The molecule has 0 radical (unpaired) electrons. The number of thiophene rings is 1. The molecule has 1 aromatic carbocycles. The molecule has 0 atom stereocenters. The summed E-state index contributed by atoms with van der Waals surface area (Å²) in [6.45, 7) is -0.0211. The molecule has 0 amide bonds. The first-order chi connectivity index (χ1) is 9.94. The van der Waals surface area contributed by atoms with E-state index in [0.29, 0.717) is 11.1 Å². The van der Waals surface area contributed by atoms with Gasteiger partial charge in [0.2, 0.25) is 10.0 Å². The van der Waals surface area contributed by atoms with Crippen molar-refractivity contribution >= 4 is 27.3 Å². The predicted molar refractivity (Wildman–Crippen MR) is 76.5 cm³/mol. The number of aromatic carboxylic acids is 1. The van der Waals surface area contributed by atoms with Crippen LogP contribution in [0.3, 0.4) is 0 Å². The smallest absolute Gasteiger partial charge is 0.347 e. The van der Waals surface area contributed by atoms with Gasteiger partial charge in [-0.1, -0.05) is 12.1 Å². The molecule has 0 saturated carbocycles. The van der Waals surface area contributed by atoms with Crippen LogP contribution in [0.4, 0.5) is 0 Å². The summed E-state index contributed by atoms with van der Waals surface area (Å²) in [4.78, 5) is 10.5. The van der Waals surface area contributed by atoms with Crippen molar-refractivity contribution in [3.8, 4) is 6.07 Å². The molecule has 0 bridgehead atoms. The highest BCUT2D eigenvalue weighted by atomic mass is 32.2. The summed E-state index contributed by atoms with van der Waals surface area (Å²) in [5.74, 6) is -1.28. The minimum atomic E-state index is -3.91. The monoisotopic (exact) mass is 322 g/mol. The van der Waals surface area contributed by atoms with Gasteiger partial charge in [-0.05, 0) is 29.1 Å². The van der Waals surface area contributed by atoms with E-state index in [-0.39, 0.29) is 16.3 Å². The van der Waals surface area contributed by atoms with Crippen LogP contribution in [0.2, 0.25) is 0 Å². The van der Waals surface area contributed by atoms with Crippen LogP contribution in [0, 0.1) is 11.3 Å². The summed E-state index contributed by atoms with van der Waals surface area (Å²) >= 11 is 0.850. The van der Waals surface area contributed by atoms with Gasteiger partial charge in [-0.15, -0.1) is 11.3 Å². The molecule has 2 aromatic rings. The molecule has 0 aliphatic carbocycles. The van der Waals surface area contributed by atoms with Gasteiger partial charge < -0.3 is 5.11 Å². The Balaban J connectivity index is 2.20. The third-order valence-electron chi connectivity index (χ3n) is 2.64. The molecule has 0 saturated heterocycles. The standard InChI is InChI=1S/C13H10N2O4S2/c14-7-9-2-1-3-10(6-9)8-15-21(18,19)11-4-5-20-12(11)13(16)17/h1-6,15H,8H2,(H,16,17). The summed E-state index contributed by atoms with van der Waals surface area (Å²) in [5.41, 5.74) is 1.04. The molecule has 21 heavy (non-hydrogen) atoms. The molecule has 6 nitrogen and oxygen atoms in total. The number of carbonyl (C=O) groups is 1. The molecule has 2 rings (SSSR count). The van der Waals surface area contributed by atoms with E-state index in [0.717, 1.165) is 11.3 Å². The molecule has 0 fully saturated rings. The maximum atomic E-state index is 12.1. The van der Waals surface area contributed by atoms with Crippen molar-refractivity contribution in [2.45, 2.75) is 11.4 Å². The average molecular weight is 322 g/mol. The predicted octanol–water partition coefficient (Wildman–Crippen LogP) is 1.80. The Labute approximate surface area is 125 Å². The molecule has 0 aliphatic heterocycles. The molecule has 1 heterocycles. The van der Waals surface area contributed by atoms with Crippen LogP contribution in [-0.4, -0.2) is 19.5 Å². The van der Waals surface area contributed by atoms with E-state index in [4.69, 9.17) is 10.4 Å². The number of hydrogen-bond acceptors (Lipinski definition) is 5. The Morgan fingerprint density at radius 3 is 2.81 bits per heavy atom. The average Bonchev–Trinajstić information content (AvgIpc) is 2.96. The Kier molecular flexibility index (Phi) is 4.37. The number of rotatable bonds is 5. The van der Waals surface area contributed by atoms with Gasteiger partial charge in [-0.2, -0.15) is 5.26 Å². The Bertz CT molecular complexity index is 819. The van der Waals surface area contributed by atoms with Crippen LogP contribution in [0.1, 0.15) is 20.8 Å². The molecule has 2 N–H and O–H groups in total. The van der Waals surface area contributed by atoms with E-state index in [1.54, 1.807) is 24.3 Å². The number of nitriles is 1. The van der Waals surface area contributed by atoms with Gasteiger partial charge in [-0.3, -0.25) is 0 Å². The number of benzene rings is 1. The Morgan fingerprint density at radius 2 is 2.14 bits per heavy atom. The lowest BCUT2D eigenvalue weighted by atomic mass is 10.1. The van der Waals surface area contributed by atoms with Gasteiger partial charge in [0.25, 0.3) is 0 Å². The summed E-state index contributed by atoms with van der Waals surface area (Å²) in [6.07, 6.45) is 0. The van der Waals surface area contributed by atoms with Crippen LogP contribution in [0.5, 0.6) is 0 Å². The van der Waals surface area contributed by atoms with Crippen molar-refractivity contribution < 1.29 is 18.3 Å². The highest BCUT2D eigenvalue weighted by molar-refractivity contribution is 7.89. The van der Waals surface area contributed by atoms with Crippen molar-refractivity contribution in [1.82, 2.24) is 4.72 Å². The van der Waals surface area contributed by atoms with E-state index >= 15 is 0 Å². The zero-order valence-corrected chi connectivity index (χ0v) is 12.2. The quantitative estimate of drug-likeness (QED) is 0.872. The van der Waals surface area contributed by atoms with Crippen LogP contribution in [-0.2, 0) is 16.6 Å². The minimum Gasteiger partial charge on any atom is -0.477 e. The minimum absolute atomic E-state index is 0.0211. The van der Waals surface area contributed by atoms with E-state index < -0.39 is 16.0 Å². The van der Waals surface area contributed by atoms with Gasteiger partial charge in [-0.25, -0.2) is 17.9 Å². The van der Waals surface area contributed by atoms with Gasteiger partial charge in [0.1, 0.15) is 9.77 Å². The van der Waals surface area contributed by atoms with Crippen molar-refractivity contribution in [3.05, 3.63) is 51.7 Å². The summed E-state index contributed by atoms with van der Waals surface area (Å²) in [6, 6.07) is 9.71. The van der Waals surface area contributed by atoms with E-state index in [9.17, 15) is 13.2 Å². The van der Waals surface area contributed by atoms with Crippen LogP contribution >= 0.6 is 11.3 Å². The van der Waals surface area contributed by atoms with Crippen molar-refractivity contribution in [2.24, 2.45) is 0 Å². The molecule has 0 unspecified atom stereocenters. The second-order valence-corrected chi connectivity index (χ2v) is 6.71. The number of hydrogen-bond donors (Lipinski definition) is 2. The Hall–Kier alpha value is -2.21. The van der Waals surface area contributed by atoms with E-state index in [1.807, 2.05) is 6.07 Å². The van der Waals surface area contributed by atoms with Crippen LogP contribution < -0.4 is 4.72 Å². The molecule has 1 aromatic heterocycles. The normalized spacial score (nSPS) is 11.0. The molecular weight excluding hydrogens is 312 g/mol. The number of nitrogens with zero attached hydrogens (tertiary/aromatic N) is 1. The van der Waals surface area contributed by atoms with Gasteiger partial charge in [0, 0.05) is 6.54 Å². The Morgan fingerprint density at radius 1 is 1.38 bits per heavy atom. The highest BCUT2D eigenvalue weighted by Gasteiger charge is 2.23. The number of carboxylic acid groups (broad SMARTS) is 1. The lowest BCUT2D eigenvalue weighted by Gasteiger charge is -2.06. The summed E-state index contributed by atoms with van der Waals surface area (Å²) in [7, 11) is -3.91. The van der Waals surface area contributed by atoms with E-state index in [2.05, 4.69) is 4.72 Å². The zero-order valence-electron chi connectivity index (χ0n) is 10.6. The van der Waals surface area contributed by atoms with Gasteiger partial charge in [0.05, 0.1) is 11.6 Å². The maximum absolute atomic E-state index is 12.1. The highest BCUT2D eigenvalue weighted by Crippen LogP contribution is 2.22. The van der Waals surface area contributed by atoms with Crippen LogP contribution in [0.25, 0.3) is 0 Å². The van der Waals surface area contributed by atoms with Crippen molar-refractivity contribution in [3.63, 3.8) is 0 Å². The van der Waals surface area contributed by atoms with Crippen LogP contribution in [0.15, 0.2) is 40.6 Å². The first-order valence-corrected chi connectivity index (χ1v) is 8.10. The second kappa shape index (κ2) is 6.05. The largest absolute Gasteiger partial charge is 0.477 e. The molecule has 0 spiro atoms. The lowest BCUT2D eigenvalue weighted by Crippen LogP contribution is -2.24. The number of sulfonamides is 1. The summed E-state index contributed by atoms with van der Waals surface area (Å²) in [5, 5.41) is 19.1. The van der Waals surface area contributed by atoms with Crippen molar-refractivity contribution in [1.29, 1.82) is 5.26 Å². The second-order valence-electron chi connectivity index (χ2n) is 4.06. The molecular formula is C13H10N2O4S2. The third kappa shape index (κ3) is 3.46. The molecule has 108 valence electrons. The lowest BCUT2D eigenvalue weighted by molar-refractivity contribution is 0.0698. The SMILES string of the molecule is N#Cc1cccc(CNS(=O)(=O)c2ccsc2C(=O)O)c1.